The van der Waals surface area contributed by atoms with Gasteiger partial charge < -0.3 is 15.3 Å². The molecule has 24 heavy (non-hydrogen) atoms. The van der Waals surface area contributed by atoms with E-state index in [-0.39, 0.29) is 28.6 Å². The van der Waals surface area contributed by atoms with Crippen LogP contribution in [0.15, 0.2) is 41.5 Å². The van der Waals surface area contributed by atoms with Gasteiger partial charge in [0.15, 0.2) is 11.6 Å². The van der Waals surface area contributed by atoms with E-state index >= 15 is 0 Å². The maximum atomic E-state index is 13.0. The fourth-order valence-corrected chi connectivity index (χ4v) is 4.26. The first-order valence-electron chi connectivity index (χ1n) is 8.06. The normalized spacial score (nSPS) is 34.7. The number of fused-ring (bicyclic) bond motifs is 3. The summed E-state index contributed by atoms with van der Waals surface area (Å²) in [5.74, 6) is -1.76. The highest BCUT2D eigenvalue weighted by atomic mass is 16.3. The van der Waals surface area contributed by atoms with Crippen molar-refractivity contribution in [2.45, 2.75) is 31.5 Å². The molecule has 0 saturated heterocycles. The van der Waals surface area contributed by atoms with Crippen LogP contribution in [0.2, 0.25) is 0 Å². The molecule has 0 radical (unpaired) electrons. The van der Waals surface area contributed by atoms with Gasteiger partial charge in [0.05, 0.1) is 5.92 Å². The molecule has 124 valence electrons. The van der Waals surface area contributed by atoms with E-state index in [1.807, 2.05) is 6.92 Å². The van der Waals surface area contributed by atoms with Gasteiger partial charge in [-0.15, -0.1) is 0 Å². The van der Waals surface area contributed by atoms with E-state index in [9.17, 15) is 24.9 Å². The summed E-state index contributed by atoms with van der Waals surface area (Å²) in [5, 5.41) is 31.8. The van der Waals surface area contributed by atoms with Crippen molar-refractivity contribution in [1.29, 1.82) is 0 Å². The Hall–Kier alpha value is -2.24. The van der Waals surface area contributed by atoms with Crippen LogP contribution in [-0.2, 0) is 4.79 Å². The van der Waals surface area contributed by atoms with Gasteiger partial charge in [-0.1, -0.05) is 25.1 Å². The summed E-state index contributed by atoms with van der Waals surface area (Å²) in [6.07, 6.45) is 2.56. The van der Waals surface area contributed by atoms with Crippen LogP contribution in [0, 0.1) is 11.8 Å². The number of aromatic hydroxyl groups is 1. The number of phenols is 1. The van der Waals surface area contributed by atoms with Gasteiger partial charge in [-0.2, -0.15) is 0 Å². The van der Waals surface area contributed by atoms with Crippen LogP contribution in [0.5, 0.6) is 5.75 Å². The molecule has 0 amide bonds. The highest BCUT2D eigenvalue weighted by Gasteiger charge is 2.56. The number of aliphatic hydroxyl groups is 2. The van der Waals surface area contributed by atoms with E-state index in [0.717, 1.165) is 5.57 Å². The number of allylic oxidation sites excluding steroid dienone is 2. The summed E-state index contributed by atoms with van der Waals surface area (Å²) in [7, 11) is 0. The standard InChI is InChI=1S/C19H18O5/c1-9-7-10-5-6-19(24)16(14(10)13(21)8-9)17(22)11-3-2-4-12(20)15(11)18(19)23/h2-6,9,16,18,20,23-24H,7-8H2,1H3/t9-,16+,18+,19-/m1/s1. The molecule has 0 aromatic heterocycles. The molecule has 0 saturated carbocycles. The first-order chi connectivity index (χ1) is 11.3. The second-order valence-electron chi connectivity index (χ2n) is 7.03. The lowest BCUT2D eigenvalue weighted by atomic mass is 9.61. The molecule has 1 aromatic carbocycles. The van der Waals surface area contributed by atoms with Crippen molar-refractivity contribution < 1.29 is 24.9 Å². The maximum absolute atomic E-state index is 13.0. The lowest BCUT2D eigenvalue weighted by molar-refractivity contribution is -0.120. The van der Waals surface area contributed by atoms with Crippen molar-refractivity contribution in [3.05, 3.63) is 52.6 Å². The van der Waals surface area contributed by atoms with Gasteiger partial charge in [0.25, 0.3) is 0 Å². The van der Waals surface area contributed by atoms with Crippen LogP contribution in [0.25, 0.3) is 0 Å². The summed E-state index contributed by atoms with van der Waals surface area (Å²) in [5.41, 5.74) is -0.663. The van der Waals surface area contributed by atoms with Crippen LogP contribution in [0.1, 0.15) is 41.8 Å². The second kappa shape index (κ2) is 4.88. The Morgan fingerprint density at radius 3 is 2.71 bits per heavy atom. The Morgan fingerprint density at radius 1 is 1.21 bits per heavy atom. The van der Waals surface area contributed by atoms with Crippen LogP contribution in [0.4, 0.5) is 0 Å². The predicted molar refractivity (Wildman–Crippen MR) is 85.4 cm³/mol. The van der Waals surface area contributed by atoms with Gasteiger partial charge in [0.2, 0.25) is 0 Å². The van der Waals surface area contributed by atoms with Gasteiger partial charge in [0.1, 0.15) is 17.5 Å². The highest BCUT2D eigenvalue weighted by Crippen LogP contribution is 2.52. The highest BCUT2D eigenvalue weighted by molar-refractivity contribution is 6.11. The SMILES string of the molecule is C[C@H]1CC(=O)C2=C(C=C[C@@]3(O)[C@@H]2C(=O)c2cccc(O)c2[C@@H]3O)C1. The molecule has 4 rings (SSSR count). The number of rotatable bonds is 0. The van der Waals surface area contributed by atoms with E-state index in [1.165, 1.54) is 24.3 Å². The molecule has 5 heteroatoms. The third kappa shape index (κ3) is 1.82. The molecular weight excluding hydrogens is 308 g/mol. The third-order valence-electron chi connectivity index (χ3n) is 5.37. The number of aliphatic hydroxyl groups excluding tert-OH is 1. The van der Waals surface area contributed by atoms with Crippen molar-refractivity contribution in [3.8, 4) is 5.75 Å². The number of benzene rings is 1. The summed E-state index contributed by atoms with van der Waals surface area (Å²) in [6.45, 7) is 1.97. The van der Waals surface area contributed by atoms with Crippen LogP contribution in [0.3, 0.4) is 0 Å². The molecule has 4 atom stereocenters. The topological polar surface area (TPSA) is 94.8 Å². The van der Waals surface area contributed by atoms with Crippen molar-refractivity contribution in [2.75, 3.05) is 0 Å². The molecule has 3 aliphatic rings. The lowest BCUT2D eigenvalue weighted by Gasteiger charge is -2.45. The maximum Gasteiger partial charge on any atom is 0.174 e. The van der Waals surface area contributed by atoms with E-state index in [1.54, 1.807) is 6.08 Å². The number of hydrogen-bond acceptors (Lipinski definition) is 5. The van der Waals surface area contributed by atoms with Gasteiger partial charge in [-0.05, 0) is 30.1 Å². The van der Waals surface area contributed by atoms with Crippen LogP contribution < -0.4 is 0 Å². The van der Waals surface area contributed by atoms with E-state index < -0.39 is 23.4 Å². The predicted octanol–water partition coefficient (Wildman–Crippen LogP) is 1.83. The lowest BCUT2D eigenvalue weighted by Crippen LogP contribution is -2.53. The zero-order chi connectivity index (χ0) is 17.2. The van der Waals surface area contributed by atoms with E-state index in [2.05, 4.69) is 0 Å². The third-order valence-corrected chi connectivity index (χ3v) is 5.37. The van der Waals surface area contributed by atoms with E-state index in [0.29, 0.717) is 18.4 Å². The summed E-state index contributed by atoms with van der Waals surface area (Å²) in [6, 6.07) is 4.39. The van der Waals surface area contributed by atoms with Crippen molar-refractivity contribution in [2.24, 2.45) is 11.8 Å². The fraction of sp³-hybridized carbons (Fsp3) is 0.368. The molecule has 0 fully saturated rings. The zero-order valence-electron chi connectivity index (χ0n) is 13.2. The molecule has 0 spiro atoms. The number of Topliss-reactive ketones (excluding diaryl/α,β-unsaturated/α-hetero) is 2. The molecule has 0 heterocycles. The Labute approximate surface area is 138 Å². The van der Waals surface area contributed by atoms with E-state index in [4.69, 9.17) is 0 Å². The number of hydrogen-bond donors (Lipinski definition) is 3. The Balaban J connectivity index is 1.96. The summed E-state index contributed by atoms with van der Waals surface area (Å²) < 4.78 is 0. The minimum atomic E-state index is -1.92. The molecule has 5 nitrogen and oxygen atoms in total. The second-order valence-corrected chi connectivity index (χ2v) is 7.03. The van der Waals surface area contributed by atoms with Crippen LogP contribution >= 0.6 is 0 Å². The summed E-state index contributed by atoms with van der Waals surface area (Å²) >= 11 is 0. The largest absolute Gasteiger partial charge is 0.508 e. The molecule has 1 aromatic rings. The van der Waals surface area contributed by atoms with Gasteiger partial charge in [-0.3, -0.25) is 9.59 Å². The quantitative estimate of drug-likeness (QED) is 0.676. The van der Waals surface area contributed by atoms with Crippen LogP contribution in [-0.4, -0.2) is 32.5 Å². The first kappa shape index (κ1) is 15.3. The number of carbonyl (C=O) groups is 2. The average molecular weight is 326 g/mol. The number of carbonyl (C=O) groups excluding carboxylic acids is 2. The molecule has 3 aliphatic carbocycles. The van der Waals surface area contributed by atoms with Gasteiger partial charge >= 0.3 is 0 Å². The molecule has 0 aliphatic heterocycles. The minimum absolute atomic E-state index is 0.0200. The zero-order valence-corrected chi connectivity index (χ0v) is 13.2. The molecule has 0 unspecified atom stereocenters. The van der Waals surface area contributed by atoms with Crippen molar-refractivity contribution >= 4 is 11.6 Å². The van der Waals surface area contributed by atoms with Gasteiger partial charge in [-0.25, -0.2) is 0 Å². The Morgan fingerprint density at radius 2 is 1.96 bits per heavy atom. The van der Waals surface area contributed by atoms with Crippen molar-refractivity contribution in [3.63, 3.8) is 0 Å². The fourth-order valence-electron chi connectivity index (χ4n) is 4.26. The Bertz CT molecular complexity index is 834. The van der Waals surface area contributed by atoms with Crippen molar-refractivity contribution in [1.82, 2.24) is 0 Å². The molecule has 0 bridgehead atoms. The summed E-state index contributed by atoms with van der Waals surface area (Å²) in [4.78, 5) is 25.6. The smallest absolute Gasteiger partial charge is 0.174 e. The number of ketones is 2. The van der Waals surface area contributed by atoms with Gasteiger partial charge in [0, 0.05) is 23.1 Å². The number of phenolic OH excluding ortho intramolecular Hbond substituents is 1. The first-order valence-corrected chi connectivity index (χ1v) is 8.06. The molecule has 3 N–H and O–H groups in total. The monoisotopic (exact) mass is 326 g/mol. The minimum Gasteiger partial charge on any atom is -0.508 e. The average Bonchev–Trinajstić information content (AvgIpc) is 2.53. The Kier molecular flexibility index (Phi) is 3.11. The molecular formula is C19H18O5.